The molecule has 0 amide bonds. The number of hydrogen-bond donors (Lipinski definition) is 1. The minimum Gasteiger partial charge on any atom is -0.489 e. The number of allylic oxidation sites excluding steroid dienone is 1. The lowest BCUT2D eigenvalue weighted by Gasteiger charge is -2.13. The molecule has 0 aliphatic carbocycles. The lowest BCUT2D eigenvalue weighted by atomic mass is 9.95. The van der Waals surface area contributed by atoms with Gasteiger partial charge in [-0.15, -0.1) is 23.0 Å². The summed E-state index contributed by atoms with van der Waals surface area (Å²) in [4.78, 5) is 0. The Hall–Kier alpha value is -2.99. The molecule has 0 fully saturated rings. The molecular weight excluding hydrogens is 404 g/mol. The predicted octanol–water partition coefficient (Wildman–Crippen LogP) is 6.16. The number of unbranched alkanes of at least 4 members (excludes halogenated alkanes) is 1. The summed E-state index contributed by atoms with van der Waals surface area (Å²) in [5, 5.41) is 17.8. The average Bonchev–Trinajstić information content (AvgIpc) is 3.45. The topological polar surface area (TPSA) is 63.7 Å². The van der Waals surface area contributed by atoms with Gasteiger partial charge in [0.15, 0.2) is 0 Å². The number of ether oxygens (including phenoxy) is 1. The van der Waals surface area contributed by atoms with Crippen molar-refractivity contribution >= 4 is 21.4 Å². The zero-order chi connectivity index (χ0) is 21.6. The van der Waals surface area contributed by atoms with Crippen LogP contribution >= 0.6 is 11.3 Å². The molecule has 31 heavy (non-hydrogen) atoms. The number of aryl methyl sites for hydroxylation is 2. The molecule has 0 aliphatic rings. The first kappa shape index (κ1) is 21.2. The number of nitrogens with one attached hydrogen (secondary N) is 1. The minimum atomic E-state index is 0.147. The number of benzene rings is 2. The van der Waals surface area contributed by atoms with E-state index in [1.165, 1.54) is 39.6 Å². The second-order valence-electron chi connectivity index (χ2n) is 7.91. The van der Waals surface area contributed by atoms with Crippen molar-refractivity contribution < 1.29 is 4.74 Å². The second kappa shape index (κ2) is 9.88. The monoisotopic (exact) mass is 432 g/mol. The van der Waals surface area contributed by atoms with Gasteiger partial charge in [0.05, 0.1) is 0 Å². The number of nitrogens with zero attached hydrogens (tertiary/aromatic N) is 3. The van der Waals surface area contributed by atoms with Crippen LogP contribution in [0.5, 0.6) is 5.75 Å². The Bertz CT molecular complexity index is 1130. The fourth-order valence-electron chi connectivity index (χ4n) is 3.87. The first-order valence-corrected chi connectivity index (χ1v) is 11.6. The molecule has 4 rings (SSSR count). The Morgan fingerprint density at radius 1 is 1.23 bits per heavy atom. The fraction of sp³-hybridized carbons (Fsp3) is 0.320. The summed E-state index contributed by atoms with van der Waals surface area (Å²) in [5.74, 6) is 1.76. The van der Waals surface area contributed by atoms with E-state index < -0.39 is 0 Å². The molecular formula is C25H28N4OS. The summed E-state index contributed by atoms with van der Waals surface area (Å²) in [7, 11) is 0. The van der Waals surface area contributed by atoms with E-state index in [2.05, 4.69) is 70.7 Å². The van der Waals surface area contributed by atoms with Crippen molar-refractivity contribution in [2.75, 3.05) is 0 Å². The van der Waals surface area contributed by atoms with Gasteiger partial charge in [0.2, 0.25) is 0 Å². The Balaban J connectivity index is 1.44. The molecule has 1 atom stereocenters. The molecule has 5 nitrogen and oxygen atoms in total. The van der Waals surface area contributed by atoms with Crippen molar-refractivity contribution in [3.05, 3.63) is 82.5 Å². The van der Waals surface area contributed by atoms with Gasteiger partial charge in [0.25, 0.3) is 0 Å². The van der Waals surface area contributed by atoms with Crippen molar-refractivity contribution in [3.63, 3.8) is 0 Å². The van der Waals surface area contributed by atoms with Crippen LogP contribution in [0.1, 0.15) is 53.8 Å². The molecule has 0 spiro atoms. The highest BCUT2D eigenvalue weighted by atomic mass is 32.1. The molecule has 4 aromatic rings. The smallest absolute Gasteiger partial charge is 0.149 e. The number of hydrogen-bond acceptors (Lipinski definition) is 5. The lowest BCUT2D eigenvalue weighted by Crippen LogP contribution is -2.02. The largest absolute Gasteiger partial charge is 0.489 e. The summed E-state index contributed by atoms with van der Waals surface area (Å²) in [5.41, 5.74) is 5.17. The summed E-state index contributed by atoms with van der Waals surface area (Å²) in [6.45, 7) is 8.96. The standard InChI is InChI=1S/C25H28N4OS/c1-4-6-7-21-16-31-25-17(3)12-18(13-23(21)25)15-30-22-10-8-20(9-11-22)19(5-2)14-24-26-28-29-27-24/h5,8-13,16,19H,2,4,6-7,14-15H2,1,3H3,(H,26,27,28,29). The second-order valence-corrected chi connectivity index (χ2v) is 8.79. The van der Waals surface area contributed by atoms with Gasteiger partial charge >= 0.3 is 0 Å². The van der Waals surface area contributed by atoms with Crippen LogP contribution in [0.2, 0.25) is 0 Å². The van der Waals surface area contributed by atoms with E-state index in [0.717, 1.165) is 23.6 Å². The molecule has 0 saturated heterocycles. The summed E-state index contributed by atoms with van der Waals surface area (Å²) in [6, 6.07) is 12.8. The third kappa shape index (κ3) is 5.02. The van der Waals surface area contributed by atoms with E-state index >= 15 is 0 Å². The van der Waals surface area contributed by atoms with Crippen LogP contribution in [0.25, 0.3) is 10.1 Å². The van der Waals surface area contributed by atoms with E-state index in [1.807, 2.05) is 29.5 Å². The van der Waals surface area contributed by atoms with Crippen molar-refractivity contribution in [1.82, 2.24) is 20.6 Å². The Morgan fingerprint density at radius 3 is 2.77 bits per heavy atom. The maximum Gasteiger partial charge on any atom is 0.149 e. The zero-order valence-corrected chi connectivity index (χ0v) is 18.9. The maximum absolute atomic E-state index is 6.11. The number of thiophene rings is 1. The molecule has 0 saturated carbocycles. The molecule has 2 aromatic carbocycles. The Labute approximate surface area is 187 Å². The van der Waals surface area contributed by atoms with Crippen molar-refractivity contribution in [3.8, 4) is 5.75 Å². The van der Waals surface area contributed by atoms with E-state index in [-0.39, 0.29) is 5.92 Å². The van der Waals surface area contributed by atoms with Crippen LogP contribution in [0.4, 0.5) is 0 Å². The number of rotatable bonds is 10. The highest BCUT2D eigenvalue weighted by molar-refractivity contribution is 7.17. The normalized spacial score (nSPS) is 12.2. The third-order valence-corrected chi connectivity index (χ3v) is 6.78. The van der Waals surface area contributed by atoms with Gasteiger partial charge in [0.1, 0.15) is 18.2 Å². The van der Waals surface area contributed by atoms with Crippen LogP contribution in [0, 0.1) is 6.92 Å². The van der Waals surface area contributed by atoms with Gasteiger partial charge in [-0.1, -0.05) is 37.6 Å². The molecule has 0 aliphatic heterocycles. The SMILES string of the molecule is C=CC(Cc1nnn[nH]1)c1ccc(OCc2cc(C)c3scc(CCCC)c3c2)cc1. The lowest BCUT2D eigenvalue weighted by molar-refractivity contribution is 0.306. The number of tetrazole rings is 1. The van der Waals surface area contributed by atoms with Crippen molar-refractivity contribution in [1.29, 1.82) is 0 Å². The molecule has 160 valence electrons. The van der Waals surface area contributed by atoms with Gasteiger partial charge in [-0.25, -0.2) is 5.10 Å². The molecule has 1 N–H and O–H groups in total. The average molecular weight is 433 g/mol. The summed E-state index contributed by atoms with van der Waals surface area (Å²) in [6.07, 6.45) is 6.22. The van der Waals surface area contributed by atoms with E-state index in [4.69, 9.17) is 4.74 Å². The van der Waals surface area contributed by atoms with Gasteiger partial charge < -0.3 is 4.74 Å². The molecule has 2 aromatic heterocycles. The third-order valence-electron chi connectivity index (χ3n) is 5.60. The van der Waals surface area contributed by atoms with Gasteiger partial charge in [-0.3, -0.25) is 0 Å². The van der Waals surface area contributed by atoms with Crippen LogP contribution < -0.4 is 4.74 Å². The number of aromatic nitrogens is 4. The Kier molecular flexibility index (Phi) is 6.77. The number of fused-ring (bicyclic) bond motifs is 1. The Morgan fingerprint density at radius 2 is 2.06 bits per heavy atom. The molecule has 0 radical (unpaired) electrons. The van der Waals surface area contributed by atoms with Crippen LogP contribution in [-0.2, 0) is 19.4 Å². The van der Waals surface area contributed by atoms with Crippen molar-refractivity contribution in [2.45, 2.75) is 52.1 Å². The van der Waals surface area contributed by atoms with E-state index in [1.54, 1.807) is 0 Å². The van der Waals surface area contributed by atoms with E-state index in [0.29, 0.717) is 13.0 Å². The molecule has 6 heteroatoms. The summed E-state index contributed by atoms with van der Waals surface area (Å²) >= 11 is 1.86. The maximum atomic E-state index is 6.11. The van der Waals surface area contributed by atoms with Crippen LogP contribution in [0.3, 0.4) is 0 Å². The minimum absolute atomic E-state index is 0.147. The highest BCUT2D eigenvalue weighted by Gasteiger charge is 2.12. The predicted molar refractivity (Wildman–Crippen MR) is 127 cm³/mol. The van der Waals surface area contributed by atoms with Crippen LogP contribution in [-0.4, -0.2) is 20.6 Å². The number of H-pyrrole nitrogens is 1. The zero-order valence-electron chi connectivity index (χ0n) is 18.1. The van der Waals surface area contributed by atoms with Crippen molar-refractivity contribution in [2.24, 2.45) is 0 Å². The molecule has 2 heterocycles. The van der Waals surface area contributed by atoms with Crippen LogP contribution in [0.15, 0.2) is 54.4 Å². The fourth-order valence-corrected chi connectivity index (χ4v) is 4.94. The number of aromatic amines is 1. The quantitative estimate of drug-likeness (QED) is 0.305. The van der Waals surface area contributed by atoms with Gasteiger partial charge in [0, 0.05) is 17.0 Å². The molecule has 1 unspecified atom stereocenters. The highest BCUT2D eigenvalue weighted by Crippen LogP contribution is 2.32. The first-order valence-electron chi connectivity index (χ1n) is 10.8. The first-order chi connectivity index (χ1) is 15.2. The summed E-state index contributed by atoms with van der Waals surface area (Å²) < 4.78 is 7.51. The van der Waals surface area contributed by atoms with Gasteiger partial charge in [-0.05, 0) is 81.4 Å². The van der Waals surface area contributed by atoms with Gasteiger partial charge in [-0.2, -0.15) is 0 Å². The van der Waals surface area contributed by atoms with E-state index in [9.17, 15) is 0 Å². The molecule has 0 bridgehead atoms.